The van der Waals surface area contributed by atoms with Crippen molar-refractivity contribution in [2.75, 3.05) is 24.7 Å². The van der Waals surface area contributed by atoms with E-state index < -0.39 is 24.6 Å². The normalized spacial score (nSPS) is 26.4. The second-order valence-corrected chi connectivity index (χ2v) is 5.65. The van der Waals surface area contributed by atoms with E-state index in [0.29, 0.717) is 18.2 Å². The molecule has 0 spiro atoms. The molecule has 0 aromatic carbocycles. The molecule has 0 unspecified atom stereocenters. The summed E-state index contributed by atoms with van der Waals surface area (Å²) in [4.78, 5) is 10.5. The van der Waals surface area contributed by atoms with E-state index >= 15 is 0 Å². The first-order valence-corrected chi connectivity index (χ1v) is 8.04. The first kappa shape index (κ1) is 17.7. The van der Waals surface area contributed by atoms with Gasteiger partial charge in [0.05, 0.1) is 13.2 Å². The van der Waals surface area contributed by atoms with Gasteiger partial charge >= 0.3 is 0 Å². The van der Waals surface area contributed by atoms with Crippen molar-refractivity contribution in [2.24, 2.45) is 0 Å². The lowest BCUT2D eigenvalue weighted by atomic mass is 10.1. The van der Waals surface area contributed by atoms with Crippen LogP contribution in [-0.2, 0) is 9.47 Å². The van der Waals surface area contributed by atoms with Crippen LogP contribution in [0.1, 0.15) is 0 Å². The van der Waals surface area contributed by atoms with Crippen molar-refractivity contribution < 1.29 is 24.8 Å². The second-order valence-electron chi connectivity index (χ2n) is 5.65. The number of hydrogen-bond acceptors (Lipinski definition) is 8. The fourth-order valence-corrected chi connectivity index (χ4v) is 2.56. The molecule has 0 saturated carbocycles. The molecule has 0 amide bonds. The highest BCUT2D eigenvalue weighted by molar-refractivity contribution is 5.55. The number of pyridine rings is 2. The summed E-state index contributed by atoms with van der Waals surface area (Å²) in [6.45, 7) is 0.532. The first-order chi connectivity index (χ1) is 12.2. The zero-order valence-corrected chi connectivity index (χ0v) is 13.5. The summed E-state index contributed by atoms with van der Waals surface area (Å²) in [6, 6.07) is 11.1. The fraction of sp³-hybridized carbons (Fsp3) is 0.412. The van der Waals surface area contributed by atoms with Gasteiger partial charge in [-0.3, -0.25) is 0 Å². The molecule has 1 aliphatic heterocycles. The number of aromatic nitrogens is 2. The van der Waals surface area contributed by atoms with Crippen LogP contribution in [0.2, 0.25) is 0 Å². The summed E-state index contributed by atoms with van der Waals surface area (Å²) in [5, 5.41) is 29.1. The van der Waals surface area contributed by atoms with Crippen molar-refractivity contribution in [3.8, 4) is 0 Å². The van der Waals surface area contributed by atoms with E-state index in [2.05, 4.69) is 9.97 Å². The van der Waals surface area contributed by atoms with Crippen molar-refractivity contribution >= 4 is 11.6 Å². The van der Waals surface area contributed by atoms with Gasteiger partial charge in [0.25, 0.3) is 0 Å². The standard InChI is InChI=1S/C17H21N3O5/c21-12-11-25-17(16(23)15(12)22)24-10-9-20(13-5-1-3-7-18-13)14-6-2-4-8-19-14/h1-8,12,15-17,21-23H,9-11H2/t12-,15+,16-,17-/m1/s1. The van der Waals surface area contributed by atoms with E-state index in [1.165, 1.54) is 0 Å². The van der Waals surface area contributed by atoms with Gasteiger partial charge in [-0.25, -0.2) is 9.97 Å². The summed E-state index contributed by atoms with van der Waals surface area (Å²) in [7, 11) is 0. The smallest absolute Gasteiger partial charge is 0.186 e. The number of anilines is 2. The van der Waals surface area contributed by atoms with E-state index in [0.717, 1.165) is 0 Å². The SMILES string of the molecule is O[C@@H]1[C@@H](O)[C@H](OCCN(c2ccccn2)c2ccccn2)OC[C@H]1O. The van der Waals surface area contributed by atoms with Gasteiger partial charge in [-0.05, 0) is 24.3 Å². The van der Waals surface area contributed by atoms with Crippen LogP contribution in [0, 0.1) is 0 Å². The Morgan fingerprint density at radius 3 is 2.20 bits per heavy atom. The third-order valence-electron chi connectivity index (χ3n) is 3.90. The zero-order chi connectivity index (χ0) is 17.6. The molecule has 1 fully saturated rings. The highest BCUT2D eigenvalue weighted by atomic mass is 16.7. The van der Waals surface area contributed by atoms with Gasteiger partial charge in [-0.15, -0.1) is 0 Å². The minimum Gasteiger partial charge on any atom is -0.388 e. The van der Waals surface area contributed by atoms with Crippen molar-refractivity contribution in [3.63, 3.8) is 0 Å². The Kier molecular flexibility index (Phi) is 5.90. The Morgan fingerprint density at radius 1 is 1.00 bits per heavy atom. The second kappa shape index (κ2) is 8.32. The lowest BCUT2D eigenvalue weighted by molar-refractivity contribution is -0.268. The molecule has 8 nitrogen and oxygen atoms in total. The molecule has 3 rings (SSSR count). The Hall–Kier alpha value is -2.10. The van der Waals surface area contributed by atoms with Crippen molar-refractivity contribution in [1.29, 1.82) is 0 Å². The van der Waals surface area contributed by atoms with Crippen LogP contribution in [0.15, 0.2) is 48.8 Å². The van der Waals surface area contributed by atoms with Gasteiger partial charge in [0.2, 0.25) is 0 Å². The molecule has 0 aliphatic carbocycles. The number of ether oxygens (including phenoxy) is 2. The highest BCUT2D eigenvalue weighted by Crippen LogP contribution is 2.21. The molecule has 4 atom stereocenters. The minimum atomic E-state index is -1.30. The van der Waals surface area contributed by atoms with Crippen LogP contribution >= 0.6 is 0 Å². The molecular formula is C17H21N3O5. The number of rotatable bonds is 6. The molecule has 8 heteroatoms. The fourth-order valence-electron chi connectivity index (χ4n) is 2.56. The number of aliphatic hydroxyl groups is 3. The average molecular weight is 347 g/mol. The van der Waals surface area contributed by atoms with Gasteiger partial charge in [0, 0.05) is 18.9 Å². The van der Waals surface area contributed by atoms with Crippen molar-refractivity contribution in [1.82, 2.24) is 9.97 Å². The number of nitrogens with zero attached hydrogens (tertiary/aromatic N) is 3. The van der Waals surface area contributed by atoms with Crippen molar-refractivity contribution in [2.45, 2.75) is 24.6 Å². The van der Waals surface area contributed by atoms with Crippen LogP contribution in [0.5, 0.6) is 0 Å². The maximum Gasteiger partial charge on any atom is 0.186 e. The van der Waals surface area contributed by atoms with E-state index in [-0.39, 0.29) is 13.2 Å². The Bertz CT molecular complexity index is 606. The zero-order valence-electron chi connectivity index (χ0n) is 13.5. The summed E-state index contributed by atoms with van der Waals surface area (Å²) in [5.74, 6) is 1.43. The maximum atomic E-state index is 9.91. The first-order valence-electron chi connectivity index (χ1n) is 8.04. The summed E-state index contributed by atoms with van der Waals surface area (Å²) >= 11 is 0. The lowest BCUT2D eigenvalue weighted by Crippen LogP contribution is -2.54. The predicted molar refractivity (Wildman–Crippen MR) is 89.2 cm³/mol. The highest BCUT2D eigenvalue weighted by Gasteiger charge is 2.38. The topological polar surface area (TPSA) is 108 Å². The number of hydrogen-bond donors (Lipinski definition) is 3. The lowest BCUT2D eigenvalue weighted by Gasteiger charge is -2.35. The molecule has 1 saturated heterocycles. The number of aliphatic hydroxyl groups excluding tert-OH is 3. The van der Waals surface area contributed by atoms with E-state index in [9.17, 15) is 15.3 Å². The minimum absolute atomic E-state index is 0.0902. The van der Waals surface area contributed by atoms with Crippen LogP contribution in [-0.4, -0.2) is 69.6 Å². The molecule has 3 heterocycles. The largest absolute Gasteiger partial charge is 0.388 e. The van der Waals surface area contributed by atoms with E-state index in [1.807, 2.05) is 41.3 Å². The van der Waals surface area contributed by atoms with Crippen molar-refractivity contribution in [3.05, 3.63) is 48.8 Å². The quantitative estimate of drug-likeness (QED) is 0.674. The third-order valence-corrected chi connectivity index (χ3v) is 3.90. The Balaban J connectivity index is 1.64. The maximum absolute atomic E-state index is 9.91. The van der Waals surface area contributed by atoms with Crippen LogP contribution in [0.25, 0.3) is 0 Å². The summed E-state index contributed by atoms with van der Waals surface area (Å²) < 4.78 is 10.8. The molecule has 0 radical (unpaired) electrons. The van der Waals surface area contributed by atoms with Gasteiger partial charge < -0.3 is 29.7 Å². The Labute approximate surface area is 145 Å². The molecule has 2 aromatic heterocycles. The molecule has 0 bridgehead atoms. The Morgan fingerprint density at radius 2 is 1.64 bits per heavy atom. The summed E-state index contributed by atoms with van der Waals surface area (Å²) in [6.07, 6.45) is -1.32. The third kappa shape index (κ3) is 4.30. The molecule has 25 heavy (non-hydrogen) atoms. The van der Waals surface area contributed by atoms with Gasteiger partial charge in [-0.1, -0.05) is 12.1 Å². The average Bonchev–Trinajstić information content (AvgIpc) is 2.66. The molecular weight excluding hydrogens is 326 g/mol. The van der Waals surface area contributed by atoms with Gasteiger partial charge in [-0.2, -0.15) is 0 Å². The molecule has 3 N–H and O–H groups in total. The van der Waals surface area contributed by atoms with Gasteiger partial charge in [0.1, 0.15) is 29.9 Å². The van der Waals surface area contributed by atoms with Crippen LogP contribution in [0.3, 0.4) is 0 Å². The van der Waals surface area contributed by atoms with E-state index in [1.54, 1.807) is 12.4 Å². The molecule has 1 aliphatic rings. The molecule has 134 valence electrons. The predicted octanol–water partition coefficient (Wildman–Crippen LogP) is 0.0703. The van der Waals surface area contributed by atoms with Crippen LogP contribution < -0.4 is 4.90 Å². The van der Waals surface area contributed by atoms with Gasteiger partial charge in [0.15, 0.2) is 6.29 Å². The van der Waals surface area contributed by atoms with Crippen LogP contribution in [0.4, 0.5) is 11.6 Å². The van der Waals surface area contributed by atoms with E-state index in [4.69, 9.17) is 9.47 Å². The summed E-state index contributed by atoms with van der Waals surface area (Å²) in [5.41, 5.74) is 0. The molecule has 2 aromatic rings. The monoisotopic (exact) mass is 347 g/mol.